The summed E-state index contributed by atoms with van der Waals surface area (Å²) in [6.07, 6.45) is 6.92. The van der Waals surface area contributed by atoms with Gasteiger partial charge in [0.05, 0.1) is 6.42 Å². The van der Waals surface area contributed by atoms with Crippen LogP contribution in [0.15, 0.2) is 24.5 Å². The Morgan fingerprint density at radius 1 is 1.69 bits per heavy atom. The summed E-state index contributed by atoms with van der Waals surface area (Å²) in [5, 5.41) is 8.40. The molecular formula is C10H11NO2. The van der Waals surface area contributed by atoms with Crippen LogP contribution in [0.5, 0.6) is 0 Å². The normalized spacial score (nSPS) is 10.5. The molecule has 0 fully saturated rings. The molecule has 1 N–H and O–H groups in total. The van der Waals surface area contributed by atoms with Crippen LogP contribution in [-0.4, -0.2) is 16.1 Å². The van der Waals surface area contributed by atoms with E-state index in [0.29, 0.717) is 0 Å². The van der Waals surface area contributed by atoms with E-state index in [1.807, 2.05) is 13.0 Å². The molecule has 0 spiro atoms. The van der Waals surface area contributed by atoms with Crippen LogP contribution in [0.3, 0.4) is 0 Å². The van der Waals surface area contributed by atoms with Gasteiger partial charge in [0.25, 0.3) is 0 Å². The van der Waals surface area contributed by atoms with Crippen LogP contribution in [0.25, 0.3) is 6.08 Å². The smallest absolute Gasteiger partial charge is 0.307 e. The first-order valence-electron chi connectivity index (χ1n) is 3.99. The molecule has 68 valence electrons. The van der Waals surface area contributed by atoms with Crippen molar-refractivity contribution in [2.75, 3.05) is 0 Å². The number of nitrogens with zero attached hydrogens (tertiary/aromatic N) is 1. The topological polar surface area (TPSA) is 50.2 Å². The van der Waals surface area contributed by atoms with Gasteiger partial charge in [0, 0.05) is 12.4 Å². The lowest BCUT2D eigenvalue weighted by Crippen LogP contribution is -1.90. The molecule has 0 saturated carbocycles. The van der Waals surface area contributed by atoms with Crippen molar-refractivity contribution in [2.24, 2.45) is 0 Å². The van der Waals surface area contributed by atoms with Gasteiger partial charge in [-0.3, -0.25) is 9.78 Å². The fourth-order valence-corrected chi connectivity index (χ4v) is 0.958. The summed E-state index contributed by atoms with van der Waals surface area (Å²) in [5.41, 5.74) is 2.06. The molecule has 0 aliphatic heterocycles. The fraction of sp³-hybridized carbons (Fsp3) is 0.200. The summed E-state index contributed by atoms with van der Waals surface area (Å²) in [7, 11) is 0. The highest BCUT2D eigenvalue weighted by molar-refractivity contribution is 5.70. The first kappa shape index (κ1) is 9.45. The zero-order valence-electron chi connectivity index (χ0n) is 7.40. The maximum Gasteiger partial charge on any atom is 0.307 e. The minimum absolute atomic E-state index is 0.0573. The molecule has 0 aromatic carbocycles. The van der Waals surface area contributed by atoms with Crippen molar-refractivity contribution >= 4 is 12.0 Å². The second-order valence-electron chi connectivity index (χ2n) is 2.73. The number of pyridine rings is 1. The van der Waals surface area contributed by atoms with Crippen LogP contribution >= 0.6 is 0 Å². The second kappa shape index (κ2) is 4.40. The van der Waals surface area contributed by atoms with Gasteiger partial charge in [0.15, 0.2) is 0 Å². The first-order valence-corrected chi connectivity index (χ1v) is 3.99. The lowest BCUT2D eigenvalue weighted by atomic mass is 10.1. The van der Waals surface area contributed by atoms with Gasteiger partial charge >= 0.3 is 5.97 Å². The number of rotatable bonds is 3. The van der Waals surface area contributed by atoms with Crippen molar-refractivity contribution in [1.29, 1.82) is 0 Å². The molecule has 1 aromatic heterocycles. The molecule has 0 radical (unpaired) electrons. The third-order valence-electron chi connectivity index (χ3n) is 1.65. The van der Waals surface area contributed by atoms with Crippen molar-refractivity contribution in [3.63, 3.8) is 0 Å². The molecule has 0 aliphatic rings. The fourth-order valence-electron chi connectivity index (χ4n) is 0.958. The van der Waals surface area contributed by atoms with Crippen LogP contribution < -0.4 is 0 Å². The Bertz CT molecular complexity index is 331. The quantitative estimate of drug-likeness (QED) is 0.766. The molecule has 0 aliphatic carbocycles. The van der Waals surface area contributed by atoms with Crippen LogP contribution in [0.2, 0.25) is 0 Å². The molecule has 1 rings (SSSR count). The molecule has 1 aromatic rings. The minimum atomic E-state index is -0.817. The largest absolute Gasteiger partial charge is 0.481 e. The minimum Gasteiger partial charge on any atom is -0.481 e. The lowest BCUT2D eigenvalue weighted by Gasteiger charge is -1.96. The molecule has 0 saturated heterocycles. The maximum absolute atomic E-state index is 10.2. The van der Waals surface area contributed by atoms with Gasteiger partial charge in [-0.05, 0) is 24.1 Å². The number of carbonyl (C=O) groups is 1. The van der Waals surface area contributed by atoms with E-state index >= 15 is 0 Å². The standard InChI is InChI=1S/C10H11NO2/c1-8-7-11-6-5-9(8)3-2-4-10(12)13/h2-3,5-7H,4H2,1H3,(H,12,13). The van der Waals surface area contributed by atoms with Gasteiger partial charge in [0.1, 0.15) is 0 Å². The summed E-state index contributed by atoms with van der Waals surface area (Å²) in [5.74, 6) is -0.817. The summed E-state index contributed by atoms with van der Waals surface area (Å²) in [4.78, 5) is 14.1. The van der Waals surface area contributed by atoms with Crippen LogP contribution in [-0.2, 0) is 4.79 Å². The van der Waals surface area contributed by atoms with Crippen molar-refractivity contribution in [3.05, 3.63) is 35.7 Å². The van der Waals surface area contributed by atoms with Gasteiger partial charge in [-0.1, -0.05) is 12.2 Å². The SMILES string of the molecule is Cc1cnccc1C=CCC(=O)O. The number of carboxylic acids is 1. The number of aromatic nitrogens is 1. The number of carboxylic acid groups (broad SMARTS) is 1. The average Bonchev–Trinajstić information content (AvgIpc) is 2.08. The molecule has 1 heterocycles. The number of hydrogen-bond acceptors (Lipinski definition) is 2. The van der Waals surface area contributed by atoms with E-state index in [1.54, 1.807) is 24.5 Å². The van der Waals surface area contributed by atoms with Gasteiger partial charge in [-0.2, -0.15) is 0 Å². The van der Waals surface area contributed by atoms with Gasteiger partial charge in [-0.15, -0.1) is 0 Å². The zero-order chi connectivity index (χ0) is 9.68. The summed E-state index contributed by atoms with van der Waals surface area (Å²) in [6.45, 7) is 1.94. The van der Waals surface area contributed by atoms with E-state index in [9.17, 15) is 4.79 Å². The number of aryl methyl sites for hydroxylation is 1. The predicted octanol–water partition coefficient (Wildman–Crippen LogP) is 1.88. The number of hydrogen-bond donors (Lipinski definition) is 1. The third-order valence-corrected chi connectivity index (χ3v) is 1.65. The highest BCUT2D eigenvalue weighted by atomic mass is 16.4. The molecule has 3 nitrogen and oxygen atoms in total. The van der Waals surface area contributed by atoms with E-state index in [1.165, 1.54) is 0 Å². The first-order chi connectivity index (χ1) is 6.20. The molecule has 0 amide bonds. The summed E-state index contributed by atoms with van der Waals surface area (Å²) >= 11 is 0. The molecule has 0 atom stereocenters. The average molecular weight is 177 g/mol. The Morgan fingerprint density at radius 3 is 3.08 bits per heavy atom. The van der Waals surface area contributed by atoms with Crippen LogP contribution in [0, 0.1) is 6.92 Å². The predicted molar refractivity (Wildman–Crippen MR) is 50.3 cm³/mol. The van der Waals surface area contributed by atoms with E-state index in [0.717, 1.165) is 11.1 Å². The molecule has 0 unspecified atom stereocenters. The molecule has 0 bridgehead atoms. The van der Waals surface area contributed by atoms with Crippen LogP contribution in [0.4, 0.5) is 0 Å². The Labute approximate surface area is 76.7 Å². The van der Waals surface area contributed by atoms with E-state index in [2.05, 4.69) is 4.98 Å². The van der Waals surface area contributed by atoms with E-state index < -0.39 is 5.97 Å². The molecule has 13 heavy (non-hydrogen) atoms. The Hall–Kier alpha value is -1.64. The molecular weight excluding hydrogens is 166 g/mol. The monoisotopic (exact) mass is 177 g/mol. The van der Waals surface area contributed by atoms with Crippen molar-refractivity contribution in [2.45, 2.75) is 13.3 Å². The molecule has 3 heteroatoms. The zero-order valence-corrected chi connectivity index (χ0v) is 7.40. The van der Waals surface area contributed by atoms with E-state index in [-0.39, 0.29) is 6.42 Å². The van der Waals surface area contributed by atoms with Gasteiger partial charge in [-0.25, -0.2) is 0 Å². The van der Waals surface area contributed by atoms with Gasteiger partial charge in [0.2, 0.25) is 0 Å². The van der Waals surface area contributed by atoms with Gasteiger partial charge < -0.3 is 5.11 Å². The highest BCUT2D eigenvalue weighted by Gasteiger charge is 1.93. The Morgan fingerprint density at radius 2 is 2.46 bits per heavy atom. The Kier molecular flexibility index (Phi) is 3.20. The van der Waals surface area contributed by atoms with Crippen LogP contribution in [0.1, 0.15) is 17.5 Å². The summed E-state index contributed by atoms with van der Waals surface area (Å²) < 4.78 is 0. The maximum atomic E-state index is 10.2. The Balaban J connectivity index is 2.68. The van der Waals surface area contributed by atoms with Crippen molar-refractivity contribution in [1.82, 2.24) is 4.98 Å². The second-order valence-corrected chi connectivity index (χ2v) is 2.73. The third kappa shape index (κ3) is 3.07. The van der Waals surface area contributed by atoms with E-state index in [4.69, 9.17) is 5.11 Å². The lowest BCUT2D eigenvalue weighted by molar-refractivity contribution is -0.135. The van der Waals surface area contributed by atoms with Crippen molar-refractivity contribution in [3.8, 4) is 0 Å². The highest BCUT2D eigenvalue weighted by Crippen LogP contribution is 2.07. The van der Waals surface area contributed by atoms with Crippen molar-refractivity contribution < 1.29 is 9.90 Å². The number of aliphatic carboxylic acids is 1. The summed E-state index contributed by atoms with van der Waals surface area (Å²) in [6, 6.07) is 1.85.